The van der Waals surface area contributed by atoms with E-state index in [1.807, 2.05) is 18.2 Å². The van der Waals surface area contributed by atoms with Crippen LogP contribution in [-0.4, -0.2) is 25.5 Å². The lowest BCUT2D eigenvalue weighted by Crippen LogP contribution is -2.32. The first-order chi connectivity index (χ1) is 12.7. The predicted molar refractivity (Wildman–Crippen MR) is 97.7 cm³/mol. The zero-order chi connectivity index (χ0) is 18.1. The van der Waals surface area contributed by atoms with Crippen molar-refractivity contribution in [1.82, 2.24) is 19.5 Å². The molecule has 0 spiro atoms. The molecule has 0 aliphatic heterocycles. The van der Waals surface area contributed by atoms with Gasteiger partial charge in [0.25, 0.3) is 0 Å². The van der Waals surface area contributed by atoms with Gasteiger partial charge in [0.05, 0.1) is 18.3 Å². The van der Waals surface area contributed by atoms with Crippen molar-refractivity contribution < 1.29 is 9.90 Å². The lowest BCUT2D eigenvalue weighted by molar-refractivity contribution is -0.310. The van der Waals surface area contributed by atoms with Gasteiger partial charge >= 0.3 is 0 Å². The number of carbonyl (C=O) groups excluding carboxylic acids is 1. The Morgan fingerprint density at radius 3 is 2.73 bits per heavy atom. The molecule has 2 aromatic carbocycles. The molecule has 0 saturated heterocycles. The molecule has 2 heterocycles. The number of carbonyl (C=O) groups is 1. The summed E-state index contributed by atoms with van der Waals surface area (Å²) in [5.41, 5.74) is 1.09. The van der Waals surface area contributed by atoms with E-state index < -0.39 is 12.0 Å². The minimum Gasteiger partial charge on any atom is -0.548 e. The highest BCUT2D eigenvalue weighted by Gasteiger charge is 2.17. The van der Waals surface area contributed by atoms with E-state index in [0.717, 1.165) is 10.3 Å². The molecule has 0 amide bonds. The van der Waals surface area contributed by atoms with E-state index in [4.69, 9.17) is 0 Å². The van der Waals surface area contributed by atoms with Crippen molar-refractivity contribution in [3.63, 3.8) is 0 Å². The minimum absolute atomic E-state index is 0.394. The van der Waals surface area contributed by atoms with Crippen LogP contribution in [0.5, 0.6) is 0 Å². The van der Waals surface area contributed by atoms with E-state index >= 15 is 0 Å². The van der Waals surface area contributed by atoms with Gasteiger partial charge in [0.15, 0.2) is 5.65 Å². The molecule has 0 aliphatic carbocycles. The molecule has 4 rings (SSSR count). The van der Waals surface area contributed by atoms with Crippen molar-refractivity contribution in [3.8, 4) is 0 Å². The average molecular weight is 363 g/mol. The molecule has 1 atom stereocenters. The van der Waals surface area contributed by atoms with Gasteiger partial charge in [-0.2, -0.15) is 0 Å². The fraction of sp³-hybridized carbons (Fsp3) is 0.158. The fourth-order valence-corrected chi connectivity index (χ4v) is 3.84. The molecule has 0 saturated carbocycles. The normalized spacial score (nSPS) is 12.5. The van der Waals surface area contributed by atoms with E-state index in [2.05, 4.69) is 39.2 Å². The number of hydrogen-bond acceptors (Lipinski definition) is 6. The van der Waals surface area contributed by atoms with E-state index in [1.165, 1.54) is 34.4 Å². The van der Waals surface area contributed by atoms with Crippen molar-refractivity contribution in [2.45, 2.75) is 29.3 Å². The van der Waals surface area contributed by atoms with Crippen LogP contribution in [0, 0.1) is 0 Å². The Labute approximate surface area is 153 Å². The predicted octanol–water partition coefficient (Wildman–Crippen LogP) is 2.83. The maximum atomic E-state index is 11.4. The molecule has 0 N–H and O–H groups in total. The van der Waals surface area contributed by atoms with Gasteiger partial charge in [-0.25, -0.2) is 15.0 Å². The summed E-state index contributed by atoms with van der Waals surface area (Å²) >= 11 is 1.48. The number of hydrogen-bond donors (Lipinski definition) is 0. The second-order valence-electron chi connectivity index (χ2n) is 5.86. The second-order valence-corrected chi connectivity index (χ2v) is 6.92. The van der Waals surface area contributed by atoms with Gasteiger partial charge < -0.3 is 14.5 Å². The first-order valence-corrected chi connectivity index (χ1v) is 9.04. The first-order valence-electron chi connectivity index (χ1n) is 8.22. The molecule has 130 valence electrons. The number of aliphatic carboxylic acids is 1. The molecular weight excluding hydrogens is 348 g/mol. The maximum absolute atomic E-state index is 11.4. The van der Waals surface area contributed by atoms with Crippen LogP contribution >= 0.6 is 11.8 Å². The summed E-state index contributed by atoms with van der Waals surface area (Å²) < 4.78 is 1.54. The molecule has 1 unspecified atom stereocenters. The Morgan fingerprint density at radius 2 is 1.96 bits per heavy atom. The quantitative estimate of drug-likeness (QED) is 0.507. The summed E-state index contributed by atoms with van der Waals surface area (Å²) in [4.78, 5) is 25.3. The molecule has 0 radical (unpaired) electrons. The van der Waals surface area contributed by atoms with E-state index in [9.17, 15) is 9.90 Å². The third-order valence-electron chi connectivity index (χ3n) is 4.26. The molecule has 0 fully saturated rings. The third kappa shape index (κ3) is 2.90. The molecule has 0 aliphatic rings. The zero-order valence-electron chi connectivity index (χ0n) is 14.0. The van der Waals surface area contributed by atoms with Crippen LogP contribution in [-0.2, 0) is 4.79 Å². The van der Waals surface area contributed by atoms with Crippen LogP contribution in [0.25, 0.3) is 21.9 Å². The van der Waals surface area contributed by atoms with Crippen molar-refractivity contribution >= 4 is 39.7 Å². The number of imidazole rings is 1. The van der Waals surface area contributed by atoms with Gasteiger partial charge in [0.1, 0.15) is 16.9 Å². The topological polar surface area (TPSA) is 83.7 Å². The van der Waals surface area contributed by atoms with Crippen LogP contribution < -0.4 is 5.11 Å². The second kappa shape index (κ2) is 6.76. The highest BCUT2D eigenvalue weighted by Crippen LogP contribution is 2.32. The highest BCUT2D eigenvalue weighted by molar-refractivity contribution is 7.99. The number of fused-ring (bicyclic) bond motifs is 2. The van der Waals surface area contributed by atoms with Crippen LogP contribution in [0.3, 0.4) is 0 Å². The largest absolute Gasteiger partial charge is 0.548 e. The molecule has 4 aromatic rings. The molecular formula is C19H15N4O2S-. The highest BCUT2D eigenvalue weighted by atomic mass is 32.2. The minimum atomic E-state index is -1.14. The molecule has 2 aromatic heterocycles. The lowest BCUT2D eigenvalue weighted by Gasteiger charge is -2.17. The van der Waals surface area contributed by atoms with Crippen LogP contribution in [0.1, 0.15) is 19.4 Å². The summed E-state index contributed by atoms with van der Waals surface area (Å²) in [7, 11) is 0. The molecule has 7 heteroatoms. The number of benzene rings is 2. The maximum Gasteiger partial charge on any atom is 0.165 e. The Balaban J connectivity index is 1.74. The standard InChI is InChI=1S/C19H16N4O2S/c1-2-15(19(24)25)23-11-22-16-17(23)20-10-21-18(16)26-14-8-7-12-5-3-4-6-13(12)9-14/h3-11,15H,2H2,1H3,(H,24,25)/p-1. The molecule has 6 nitrogen and oxygen atoms in total. The Bertz CT molecular complexity index is 1110. The average Bonchev–Trinajstić information content (AvgIpc) is 3.07. The van der Waals surface area contributed by atoms with Crippen molar-refractivity contribution in [2.24, 2.45) is 0 Å². The number of carboxylic acids is 1. The van der Waals surface area contributed by atoms with Crippen LogP contribution in [0.4, 0.5) is 0 Å². The Kier molecular flexibility index (Phi) is 4.30. The van der Waals surface area contributed by atoms with Crippen molar-refractivity contribution in [1.29, 1.82) is 0 Å². The van der Waals surface area contributed by atoms with E-state index in [0.29, 0.717) is 22.6 Å². The van der Waals surface area contributed by atoms with Gasteiger partial charge in [-0.1, -0.05) is 49.0 Å². The SMILES string of the molecule is CCC(C(=O)[O-])n1cnc2c(Sc3ccc4ccccc4c3)ncnc21. The van der Waals surface area contributed by atoms with Crippen molar-refractivity contribution in [3.05, 3.63) is 55.1 Å². The van der Waals surface area contributed by atoms with E-state index in [-0.39, 0.29) is 0 Å². The number of rotatable bonds is 5. The summed E-state index contributed by atoms with van der Waals surface area (Å²) in [6, 6.07) is 13.6. The summed E-state index contributed by atoms with van der Waals surface area (Å²) in [5, 5.41) is 14.4. The number of carboxylic acid groups (broad SMARTS) is 1. The lowest BCUT2D eigenvalue weighted by atomic mass is 10.1. The molecule has 26 heavy (non-hydrogen) atoms. The van der Waals surface area contributed by atoms with E-state index in [1.54, 1.807) is 6.92 Å². The summed E-state index contributed by atoms with van der Waals surface area (Å²) in [6.45, 7) is 1.79. The van der Waals surface area contributed by atoms with Gasteiger partial charge in [-0.3, -0.25) is 0 Å². The fourth-order valence-electron chi connectivity index (χ4n) is 2.95. The summed E-state index contributed by atoms with van der Waals surface area (Å²) in [6.07, 6.45) is 3.32. The smallest absolute Gasteiger partial charge is 0.165 e. The van der Waals surface area contributed by atoms with Gasteiger partial charge in [0.2, 0.25) is 0 Å². The Hall–Kier alpha value is -2.93. The van der Waals surface area contributed by atoms with Crippen LogP contribution in [0.15, 0.2) is 65.0 Å². The third-order valence-corrected chi connectivity index (χ3v) is 5.24. The molecule has 0 bridgehead atoms. The van der Waals surface area contributed by atoms with Gasteiger partial charge in [-0.05, 0) is 29.3 Å². The first kappa shape index (κ1) is 16.5. The number of aromatic nitrogens is 4. The number of nitrogens with zero attached hydrogens (tertiary/aromatic N) is 4. The zero-order valence-corrected chi connectivity index (χ0v) is 14.8. The van der Waals surface area contributed by atoms with Crippen LogP contribution in [0.2, 0.25) is 0 Å². The van der Waals surface area contributed by atoms with Gasteiger partial charge in [-0.15, -0.1) is 0 Å². The Morgan fingerprint density at radius 1 is 1.15 bits per heavy atom. The summed E-state index contributed by atoms with van der Waals surface area (Å²) in [5.74, 6) is -1.14. The van der Waals surface area contributed by atoms with Gasteiger partial charge in [0, 0.05) is 4.90 Å². The monoisotopic (exact) mass is 363 g/mol. The van der Waals surface area contributed by atoms with Crippen molar-refractivity contribution in [2.75, 3.05) is 0 Å².